The summed E-state index contributed by atoms with van der Waals surface area (Å²) in [5, 5.41) is 4.96. The maximum atomic E-state index is 12.4. The Kier molecular flexibility index (Phi) is 3.86. The number of fused-ring (bicyclic) bond motifs is 1. The Balaban J connectivity index is 1.53. The molecule has 1 amide bonds. The largest absolute Gasteiger partial charge is 0.322 e. The van der Waals surface area contributed by atoms with E-state index in [0.29, 0.717) is 5.56 Å². The Bertz CT molecular complexity index is 1010. The van der Waals surface area contributed by atoms with E-state index in [4.69, 9.17) is 0 Å². The molecule has 0 atom stereocenters. The van der Waals surface area contributed by atoms with E-state index in [9.17, 15) is 4.79 Å². The van der Waals surface area contributed by atoms with Crippen LogP contribution in [0.5, 0.6) is 0 Å². The number of aryl methyl sites for hydroxylation is 2. The van der Waals surface area contributed by atoms with Crippen LogP contribution in [0.25, 0.3) is 16.2 Å². The van der Waals surface area contributed by atoms with Gasteiger partial charge in [-0.1, -0.05) is 29.3 Å². The molecule has 4 nitrogen and oxygen atoms in total. The van der Waals surface area contributed by atoms with Crippen molar-refractivity contribution < 1.29 is 4.79 Å². The maximum Gasteiger partial charge on any atom is 0.255 e. The molecule has 2 heterocycles. The summed E-state index contributed by atoms with van der Waals surface area (Å²) in [6, 6.07) is 13.6. The Morgan fingerprint density at radius 2 is 1.80 bits per heavy atom. The summed E-state index contributed by atoms with van der Waals surface area (Å²) in [7, 11) is 0. The molecule has 0 fully saturated rings. The first kappa shape index (κ1) is 15.6. The fourth-order valence-electron chi connectivity index (χ4n) is 2.90. The zero-order chi connectivity index (χ0) is 17.4. The zero-order valence-corrected chi connectivity index (χ0v) is 14.8. The predicted molar refractivity (Wildman–Crippen MR) is 102 cm³/mol. The third-order valence-corrected chi connectivity index (χ3v) is 4.79. The van der Waals surface area contributed by atoms with E-state index in [1.165, 1.54) is 0 Å². The molecule has 0 aliphatic rings. The second kappa shape index (κ2) is 6.18. The molecule has 2 aromatic heterocycles. The van der Waals surface area contributed by atoms with Crippen molar-refractivity contribution in [3.63, 3.8) is 0 Å². The summed E-state index contributed by atoms with van der Waals surface area (Å²) in [6.07, 6.45) is 4.00. The number of hydrogen-bond donors (Lipinski definition) is 1. The fourth-order valence-corrected chi connectivity index (χ4v) is 3.60. The van der Waals surface area contributed by atoms with E-state index in [1.54, 1.807) is 11.3 Å². The molecule has 0 unspecified atom stereocenters. The lowest BCUT2D eigenvalue weighted by molar-refractivity contribution is 0.102. The first-order valence-electron chi connectivity index (χ1n) is 8.01. The quantitative estimate of drug-likeness (QED) is 0.571. The van der Waals surface area contributed by atoms with E-state index in [0.717, 1.165) is 33.0 Å². The number of rotatable bonds is 3. The van der Waals surface area contributed by atoms with Crippen LogP contribution in [0.4, 0.5) is 5.69 Å². The predicted octanol–water partition coefficient (Wildman–Crippen LogP) is 4.93. The Hall–Kier alpha value is -2.92. The average molecular weight is 347 g/mol. The number of carbonyl (C=O) groups is 1. The van der Waals surface area contributed by atoms with Crippen LogP contribution >= 0.6 is 11.3 Å². The third-order valence-electron chi connectivity index (χ3n) is 4.02. The van der Waals surface area contributed by atoms with Crippen molar-refractivity contribution in [1.82, 2.24) is 9.38 Å². The minimum absolute atomic E-state index is 0.0953. The highest BCUT2D eigenvalue weighted by Crippen LogP contribution is 2.23. The highest BCUT2D eigenvalue weighted by atomic mass is 32.1. The molecule has 25 heavy (non-hydrogen) atoms. The van der Waals surface area contributed by atoms with Crippen molar-refractivity contribution in [2.45, 2.75) is 13.8 Å². The molecular weight excluding hydrogens is 330 g/mol. The molecule has 124 valence electrons. The highest BCUT2D eigenvalue weighted by Gasteiger charge is 2.09. The number of nitrogens with one attached hydrogen (secondary N) is 1. The van der Waals surface area contributed by atoms with E-state index >= 15 is 0 Å². The summed E-state index contributed by atoms with van der Waals surface area (Å²) in [4.78, 5) is 18.0. The molecule has 4 aromatic rings. The Labute approximate surface area is 149 Å². The second-order valence-electron chi connectivity index (χ2n) is 6.13. The van der Waals surface area contributed by atoms with Gasteiger partial charge in [0.15, 0.2) is 4.96 Å². The number of carbonyl (C=O) groups excluding carboxylic acids is 1. The van der Waals surface area contributed by atoms with Gasteiger partial charge in [0.2, 0.25) is 0 Å². The number of imidazole rings is 1. The molecule has 0 saturated heterocycles. The molecule has 0 aliphatic heterocycles. The van der Waals surface area contributed by atoms with Crippen molar-refractivity contribution in [2.24, 2.45) is 0 Å². The van der Waals surface area contributed by atoms with Gasteiger partial charge in [0.1, 0.15) is 0 Å². The van der Waals surface area contributed by atoms with Gasteiger partial charge < -0.3 is 5.32 Å². The van der Waals surface area contributed by atoms with Crippen molar-refractivity contribution in [1.29, 1.82) is 0 Å². The monoisotopic (exact) mass is 347 g/mol. The van der Waals surface area contributed by atoms with Crippen LogP contribution in [-0.4, -0.2) is 15.3 Å². The molecule has 0 aliphatic carbocycles. The van der Waals surface area contributed by atoms with Crippen molar-refractivity contribution >= 4 is 27.9 Å². The Morgan fingerprint density at radius 3 is 2.48 bits per heavy atom. The van der Waals surface area contributed by atoms with Gasteiger partial charge in [0.25, 0.3) is 5.91 Å². The van der Waals surface area contributed by atoms with Gasteiger partial charge in [0, 0.05) is 34.6 Å². The molecule has 5 heteroatoms. The van der Waals surface area contributed by atoms with E-state index < -0.39 is 0 Å². The number of thiazole rings is 1. The normalized spacial score (nSPS) is 11.0. The first-order chi connectivity index (χ1) is 12.1. The third kappa shape index (κ3) is 3.19. The molecule has 0 bridgehead atoms. The Morgan fingerprint density at radius 1 is 1.08 bits per heavy atom. The zero-order valence-electron chi connectivity index (χ0n) is 14.0. The van der Waals surface area contributed by atoms with Crippen molar-refractivity contribution in [3.8, 4) is 11.3 Å². The lowest BCUT2D eigenvalue weighted by Crippen LogP contribution is -2.12. The average Bonchev–Trinajstić information content (AvgIpc) is 3.16. The van der Waals surface area contributed by atoms with Gasteiger partial charge in [-0.25, -0.2) is 4.98 Å². The van der Waals surface area contributed by atoms with E-state index in [1.807, 2.05) is 72.4 Å². The highest BCUT2D eigenvalue weighted by molar-refractivity contribution is 7.15. The number of benzene rings is 2. The second-order valence-corrected chi connectivity index (χ2v) is 7.00. The van der Waals surface area contributed by atoms with Crippen LogP contribution in [0.1, 0.15) is 21.5 Å². The topological polar surface area (TPSA) is 46.4 Å². The molecule has 0 radical (unpaired) electrons. The van der Waals surface area contributed by atoms with Crippen LogP contribution in [0.15, 0.2) is 60.2 Å². The first-order valence-corrected chi connectivity index (χ1v) is 8.89. The maximum absolute atomic E-state index is 12.4. The SMILES string of the molecule is Cc1cc(C)cc(C(=O)Nc2ccc(-c3cn4ccsc4n3)cc2)c1. The van der Waals surface area contributed by atoms with Crippen LogP contribution in [0.2, 0.25) is 0 Å². The molecule has 1 N–H and O–H groups in total. The van der Waals surface area contributed by atoms with Gasteiger partial charge in [-0.3, -0.25) is 9.20 Å². The standard InChI is InChI=1S/C20H17N3OS/c1-13-9-14(2)11-16(10-13)19(24)21-17-5-3-15(4-6-17)18-12-23-7-8-25-20(23)22-18/h3-12H,1-2H3,(H,21,24). The summed E-state index contributed by atoms with van der Waals surface area (Å²) in [5.74, 6) is -0.0953. The smallest absolute Gasteiger partial charge is 0.255 e. The summed E-state index contributed by atoms with van der Waals surface area (Å²) in [6.45, 7) is 3.99. The lowest BCUT2D eigenvalue weighted by Gasteiger charge is -2.08. The van der Waals surface area contributed by atoms with Gasteiger partial charge >= 0.3 is 0 Å². The molecular formula is C20H17N3OS. The number of nitrogens with zero attached hydrogens (tertiary/aromatic N) is 2. The lowest BCUT2D eigenvalue weighted by atomic mass is 10.1. The van der Waals surface area contributed by atoms with Gasteiger partial charge in [-0.05, 0) is 38.1 Å². The van der Waals surface area contributed by atoms with Crippen molar-refractivity contribution in [3.05, 3.63) is 76.9 Å². The number of anilines is 1. The van der Waals surface area contributed by atoms with Crippen LogP contribution in [-0.2, 0) is 0 Å². The van der Waals surface area contributed by atoms with Gasteiger partial charge in [0.05, 0.1) is 5.69 Å². The van der Waals surface area contributed by atoms with Crippen LogP contribution < -0.4 is 5.32 Å². The van der Waals surface area contributed by atoms with Gasteiger partial charge in [-0.15, -0.1) is 11.3 Å². The number of aromatic nitrogens is 2. The molecule has 0 spiro atoms. The molecule has 2 aromatic carbocycles. The minimum atomic E-state index is -0.0953. The van der Waals surface area contributed by atoms with Crippen LogP contribution in [0.3, 0.4) is 0 Å². The van der Waals surface area contributed by atoms with E-state index in [-0.39, 0.29) is 5.91 Å². The summed E-state index contributed by atoms with van der Waals surface area (Å²) in [5.41, 5.74) is 5.57. The minimum Gasteiger partial charge on any atom is -0.322 e. The van der Waals surface area contributed by atoms with E-state index in [2.05, 4.69) is 16.4 Å². The molecule has 4 rings (SSSR count). The van der Waals surface area contributed by atoms with Gasteiger partial charge in [-0.2, -0.15) is 0 Å². The molecule has 0 saturated carbocycles. The van der Waals surface area contributed by atoms with Crippen LogP contribution in [0, 0.1) is 13.8 Å². The summed E-state index contributed by atoms with van der Waals surface area (Å²) >= 11 is 1.61. The number of amides is 1. The summed E-state index contributed by atoms with van der Waals surface area (Å²) < 4.78 is 2.01. The number of hydrogen-bond acceptors (Lipinski definition) is 3. The fraction of sp³-hybridized carbons (Fsp3) is 0.100. The van der Waals surface area contributed by atoms with Crippen molar-refractivity contribution in [2.75, 3.05) is 5.32 Å².